The number of carbonyl (C=O) groups excluding carboxylic acids is 2. The summed E-state index contributed by atoms with van der Waals surface area (Å²) in [4.78, 5) is 28.4. The highest BCUT2D eigenvalue weighted by Gasteiger charge is 2.24. The third kappa shape index (κ3) is 5.16. The molecule has 0 spiro atoms. The lowest BCUT2D eigenvalue weighted by Crippen LogP contribution is -2.51. The Labute approximate surface area is 159 Å². The quantitative estimate of drug-likeness (QED) is 0.814. The Balaban J connectivity index is 1.45. The molecular weight excluding hydrogens is 343 g/mol. The SMILES string of the molecule is Cc1ccc(CCC(=O)N2CCN(C(=O)Cc3ccccc3F)CC2)cc1. The van der Waals surface area contributed by atoms with Crippen molar-refractivity contribution in [2.75, 3.05) is 26.2 Å². The topological polar surface area (TPSA) is 40.6 Å². The lowest BCUT2D eigenvalue weighted by atomic mass is 10.1. The lowest BCUT2D eigenvalue weighted by Gasteiger charge is -2.35. The Morgan fingerprint density at radius 3 is 2.11 bits per heavy atom. The molecule has 0 N–H and O–H groups in total. The standard InChI is InChI=1S/C22H25FN2O2/c1-17-6-8-18(9-7-17)10-11-21(26)24-12-14-25(15-13-24)22(27)16-19-4-2-3-5-20(19)23/h2-9H,10-16H2,1H3. The Kier molecular flexibility index (Phi) is 6.22. The molecule has 4 nitrogen and oxygen atoms in total. The van der Waals surface area contributed by atoms with Crippen molar-refractivity contribution >= 4 is 11.8 Å². The summed E-state index contributed by atoms with van der Waals surface area (Å²) in [5.41, 5.74) is 2.79. The van der Waals surface area contributed by atoms with Crippen LogP contribution in [0.25, 0.3) is 0 Å². The van der Waals surface area contributed by atoms with Crippen LogP contribution < -0.4 is 0 Å². The van der Waals surface area contributed by atoms with Crippen LogP contribution in [0, 0.1) is 12.7 Å². The summed E-state index contributed by atoms with van der Waals surface area (Å²) in [6, 6.07) is 14.6. The third-order valence-corrected chi connectivity index (χ3v) is 5.03. The maximum absolute atomic E-state index is 13.7. The number of nitrogens with zero attached hydrogens (tertiary/aromatic N) is 2. The normalized spacial score (nSPS) is 14.3. The Bertz CT molecular complexity index is 796. The zero-order valence-corrected chi connectivity index (χ0v) is 15.7. The molecule has 1 aliphatic heterocycles. The molecule has 142 valence electrons. The second kappa shape index (κ2) is 8.80. The van der Waals surface area contributed by atoms with Crippen molar-refractivity contribution in [3.8, 4) is 0 Å². The van der Waals surface area contributed by atoms with E-state index in [1.807, 2.05) is 11.8 Å². The molecule has 27 heavy (non-hydrogen) atoms. The van der Waals surface area contributed by atoms with Crippen molar-refractivity contribution in [2.24, 2.45) is 0 Å². The van der Waals surface area contributed by atoms with Gasteiger partial charge in [-0.25, -0.2) is 4.39 Å². The molecule has 0 unspecified atom stereocenters. The minimum absolute atomic E-state index is 0.0635. The highest BCUT2D eigenvalue weighted by atomic mass is 19.1. The monoisotopic (exact) mass is 368 g/mol. The highest BCUT2D eigenvalue weighted by molar-refractivity contribution is 5.80. The average Bonchev–Trinajstić information content (AvgIpc) is 2.69. The van der Waals surface area contributed by atoms with Crippen LogP contribution >= 0.6 is 0 Å². The molecule has 1 fully saturated rings. The number of hydrogen-bond donors (Lipinski definition) is 0. The van der Waals surface area contributed by atoms with E-state index in [1.165, 1.54) is 11.6 Å². The van der Waals surface area contributed by atoms with E-state index in [0.29, 0.717) is 38.2 Å². The summed E-state index contributed by atoms with van der Waals surface area (Å²) in [6.45, 7) is 4.13. The molecule has 2 amide bonds. The second-order valence-electron chi connectivity index (χ2n) is 7.02. The van der Waals surface area contributed by atoms with E-state index in [2.05, 4.69) is 24.3 Å². The van der Waals surface area contributed by atoms with Crippen molar-refractivity contribution in [1.29, 1.82) is 0 Å². The van der Waals surface area contributed by atoms with Gasteiger partial charge in [0, 0.05) is 32.6 Å². The van der Waals surface area contributed by atoms with Crippen LogP contribution in [0.1, 0.15) is 23.1 Å². The van der Waals surface area contributed by atoms with Gasteiger partial charge in [0.2, 0.25) is 11.8 Å². The molecule has 1 aliphatic rings. The zero-order chi connectivity index (χ0) is 19.2. The summed E-state index contributed by atoms with van der Waals surface area (Å²) in [5.74, 6) is -0.320. The van der Waals surface area contributed by atoms with Crippen molar-refractivity contribution in [2.45, 2.75) is 26.2 Å². The summed E-state index contributed by atoms with van der Waals surface area (Å²) in [6.07, 6.45) is 1.27. The highest BCUT2D eigenvalue weighted by Crippen LogP contribution is 2.12. The van der Waals surface area contributed by atoms with Gasteiger partial charge in [0.05, 0.1) is 6.42 Å². The maximum Gasteiger partial charge on any atom is 0.227 e. The summed E-state index contributed by atoms with van der Waals surface area (Å²) in [5, 5.41) is 0. The molecule has 1 heterocycles. The lowest BCUT2D eigenvalue weighted by molar-refractivity contribution is -0.139. The van der Waals surface area contributed by atoms with Gasteiger partial charge in [-0.15, -0.1) is 0 Å². The first-order valence-corrected chi connectivity index (χ1v) is 9.37. The van der Waals surface area contributed by atoms with E-state index in [0.717, 1.165) is 12.0 Å². The van der Waals surface area contributed by atoms with E-state index in [9.17, 15) is 14.0 Å². The third-order valence-electron chi connectivity index (χ3n) is 5.03. The van der Waals surface area contributed by atoms with Crippen molar-refractivity contribution in [3.05, 3.63) is 71.0 Å². The number of rotatable bonds is 5. The summed E-state index contributed by atoms with van der Waals surface area (Å²) in [7, 11) is 0. The molecule has 2 aromatic rings. The van der Waals surface area contributed by atoms with Gasteiger partial charge in [-0.1, -0.05) is 48.0 Å². The molecule has 1 saturated heterocycles. The number of carbonyl (C=O) groups is 2. The number of halogens is 1. The molecule has 0 bridgehead atoms. The number of hydrogen-bond acceptors (Lipinski definition) is 2. The molecule has 3 rings (SSSR count). The van der Waals surface area contributed by atoms with E-state index in [1.54, 1.807) is 23.1 Å². The molecule has 0 aliphatic carbocycles. The summed E-state index contributed by atoms with van der Waals surface area (Å²) >= 11 is 0. The molecule has 2 aromatic carbocycles. The number of piperazine rings is 1. The Morgan fingerprint density at radius 1 is 0.889 bits per heavy atom. The molecule has 0 radical (unpaired) electrons. The number of benzene rings is 2. The summed E-state index contributed by atoms with van der Waals surface area (Å²) < 4.78 is 13.7. The second-order valence-corrected chi connectivity index (χ2v) is 7.02. The average molecular weight is 368 g/mol. The number of amides is 2. The first-order valence-electron chi connectivity index (χ1n) is 9.37. The minimum atomic E-state index is -0.351. The van der Waals surface area contributed by atoms with Crippen LogP contribution in [0.4, 0.5) is 4.39 Å². The number of aryl methyl sites for hydroxylation is 2. The molecule has 0 aromatic heterocycles. The van der Waals surface area contributed by atoms with Gasteiger partial charge < -0.3 is 9.80 Å². The van der Waals surface area contributed by atoms with Crippen LogP contribution in [0.3, 0.4) is 0 Å². The molecule has 5 heteroatoms. The van der Waals surface area contributed by atoms with Crippen molar-refractivity contribution < 1.29 is 14.0 Å². The molecule has 0 atom stereocenters. The van der Waals surface area contributed by atoms with Gasteiger partial charge in [-0.05, 0) is 30.5 Å². The van der Waals surface area contributed by atoms with Gasteiger partial charge in [0.1, 0.15) is 5.82 Å². The first-order chi connectivity index (χ1) is 13.0. The Morgan fingerprint density at radius 2 is 1.48 bits per heavy atom. The van der Waals surface area contributed by atoms with E-state index >= 15 is 0 Å². The predicted molar refractivity (Wildman–Crippen MR) is 103 cm³/mol. The predicted octanol–water partition coefficient (Wildman–Crippen LogP) is 2.98. The van der Waals surface area contributed by atoms with Gasteiger partial charge in [-0.3, -0.25) is 9.59 Å². The molecule has 0 saturated carbocycles. The molecular formula is C22H25FN2O2. The van der Waals surface area contributed by atoms with Gasteiger partial charge in [-0.2, -0.15) is 0 Å². The Hall–Kier alpha value is -2.69. The van der Waals surface area contributed by atoms with Gasteiger partial charge in [0.15, 0.2) is 0 Å². The van der Waals surface area contributed by atoms with Crippen molar-refractivity contribution in [1.82, 2.24) is 9.80 Å². The fraction of sp³-hybridized carbons (Fsp3) is 0.364. The van der Waals surface area contributed by atoms with Crippen LogP contribution in [0.2, 0.25) is 0 Å². The van der Waals surface area contributed by atoms with Crippen LogP contribution in [-0.2, 0) is 22.4 Å². The zero-order valence-electron chi connectivity index (χ0n) is 15.7. The van der Waals surface area contributed by atoms with E-state index in [4.69, 9.17) is 0 Å². The fourth-order valence-electron chi connectivity index (χ4n) is 3.29. The fourth-order valence-corrected chi connectivity index (χ4v) is 3.29. The smallest absolute Gasteiger partial charge is 0.227 e. The largest absolute Gasteiger partial charge is 0.339 e. The van der Waals surface area contributed by atoms with Gasteiger partial charge >= 0.3 is 0 Å². The van der Waals surface area contributed by atoms with E-state index in [-0.39, 0.29) is 24.1 Å². The van der Waals surface area contributed by atoms with Crippen LogP contribution in [0.15, 0.2) is 48.5 Å². The van der Waals surface area contributed by atoms with Crippen LogP contribution in [-0.4, -0.2) is 47.8 Å². The maximum atomic E-state index is 13.7. The first kappa shape index (κ1) is 19.1. The van der Waals surface area contributed by atoms with Crippen molar-refractivity contribution in [3.63, 3.8) is 0 Å². The van der Waals surface area contributed by atoms with Crippen LogP contribution in [0.5, 0.6) is 0 Å². The van der Waals surface area contributed by atoms with E-state index < -0.39 is 0 Å². The van der Waals surface area contributed by atoms with Gasteiger partial charge in [0.25, 0.3) is 0 Å². The minimum Gasteiger partial charge on any atom is -0.339 e.